The number of hydrogen-bond acceptors (Lipinski definition) is 5. The van der Waals surface area contributed by atoms with Gasteiger partial charge in [-0.15, -0.1) is 5.10 Å². The van der Waals surface area contributed by atoms with Crippen molar-refractivity contribution in [3.63, 3.8) is 0 Å². The summed E-state index contributed by atoms with van der Waals surface area (Å²) in [6.07, 6.45) is 3.26. The molecule has 2 heterocycles. The van der Waals surface area contributed by atoms with Crippen LogP contribution in [-0.4, -0.2) is 46.0 Å². The Balaban J connectivity index is 1.91. The van der Waals surface area contributed by atoms with Crippen LogP contribution in [0.3, 0.4) is 0 Å². The van der Waals surface area contributed by atoms with Crippen molar-refractivity contribution in [1.82, 2.24) is 24.5 Å². The average Bonchev–Trinajstić information content (AvgIpc) is 3.02. The summed E-state index contributed by atoms with van der Waals surface area (Å²) < 4.78 is 28.4. The number of hydrogen-bond donors (Lipinski definition) is 0. The standard InChI is InChI=1S/C13H17N5O2S/c1-11-5-7-17(8-6-11)21(19,20)13-4-2-3-12(9-13)18-10-14-15-16-18/h2-4,9-11H,5-8H2,1H3. The predicted molar refractivity (Wildman–Crippen MR) is 76.3 cm³/mol. The molecule has 3 rings (SSSR count). The highest BCUT2D eigenvalue weighted by Crippen LogP contribution is 2.24. The molecule has 7 nitrogen and oxygen atoms in total. The summed E-state index contributed by atoms with van der Waals surface area (Å²) in [5.41, 5.74) is 0.631. The van der Waals surface area contributed by atoms with Gasteiger partial charge in [0.25, 0.3) is 0 Å². The van der Waals surface area contributed by atoms with Crippen molar-refractivity contribution in [2.24, 2.45) is 5.92 Å². The summed E-state index contributed by atoms with van der Waals surface area (Å²) in [5.74, 6) is 0.587. The van der Waals surface area contributed by atoms with E-state index in [-0.39, 0.29) is 4.90 Å². The van der Waals surface area contributed by atoms with Crippen molar-refractivity contribution in [3.05, 3.63) is 30.6 Å². The summed E-state index contributed by atoms with van der Waals surface area (Å²) >= 11 is 0. The lowest BCUT2D eigenvalue weighted by Crippen LogP contribution is -2.37. The molecule has 0 N–H and O–H groups in total. The van der Waals surface area contributed by atoms with E-state index in [0.29, 0.717) is 24.7 Å². The Kier molecular flexibility index (Phi) is 3.73. The first-order valence-corrected chi connectivity index (χ1v) is 8.35. The second-order valence-electron chi connectivity index (χ2n) is 5.34. The minimum atomic E-state index is -3.45. The lowest BCUT2D eigenvalue weighted by Gasteiger charge is -2.29. The van der Waals surface area contributed by atoms with Crippen molar-refractivity contribution >= 4 is 10.0 Å². The monoisotopic (exact) mass is 307 g/mol. The van der Waals surface area contributed by atoms with Crippen LogP contribution in [0.15, 0.2) is 35.5 Å². The van der Waals surface area contributed by atoms with E-state index >= 15 is 0 Å². The van der Waals surface area contributed by atoms with Gasteiger partial charge in [0.1, 0.15) is 6.33 Å². The molecule has 0 radical (unpaired) electrons. The van der Waals surface area contributed by atoms with E-state index in [1.165, 1.54) is 11.0 Å². The number of tetrazole rings is 1. The van der Waals surface area contributed by atoms with Gasteiger partial charge in [0, 0.05) is 13.1 Å². The number of aromatic nitrogens is 4. The zero-order valence-electron chi connectivity index (χ0n) is 11.8. The molecule has 0 aliphatic carbocycles. The molecule has 0 spiro atoms. The Labute approximate surface area is 123 Å². The maximum atomic E-state index is 12.7. The molecule has 1 aliphatic rings. The first-order chi connectivity index (χ1) is 10.1. The van der Waals surface area contributed by atoms with Crippen molar-refractivity contribution < 1.29 is 8.42 Å². The molecule has 1 fully saturated rings. The van der Waals surface area contributed by atoms with E-state index in [9.17, 15) is 8.42 Å². The molecule has 1 aliphatic heterocycles. The number of piperidine rings is 1. The Bertz CT molecular complexity index is 706. The van der Waals surface area contributed by atoms with Crippen molar-refractivity contribution in [2.75, 3.05) is 13.1 Å². The Morgan fingerprint density at radius 1 is 1.24 bits per heavy atom. The lowest BCUT2D eigenvalue weighted by atomic mass is 10.0. The minimum Gasteiger partial charge on any atom is -0.207 e. The Morgan fingerprint density at radius 2 is 2.00 bits per heavy atom. The van der Waals surface area contributed by atoms with E-state index in [0.717, 1.165) is 12.8 Å². The fourth-order valence-corrected chi connectivity index (χ4v) is 3.95. The molecular weight excluding hydrogens is 290 g/mol. The highest BCUT2D eigenvalue weighted by molar-refractivity contribution is 7.89. The summed E-state index contributed by atoms with van der Waals surface area (Å²) in [7, 11) is -3.45. The van der Waals surface area contributed by atoms with Gasteiger partial charge in [-0.25, -0.2) is 13.1 Å². The zero-order valence-corrected chi connectivity index (χ0v) is 12.6. The highest BCUT2D eigenvalue weighted by Gasteiger charge is 2.28. The number of sulfonamides is 1. The molecule has 8 heteroatoms. The van der Waals surface area contributed by atoms with Crippen LogP contribution in [0.5, 0.6) is 0 Å². The summed E-state index contributed by atoms with van der Waals surface area (Å²) in [6, 6.07) is 6.69. The van der Waals surface area contributed by atoms with Gasteiger partial charge in [-0.2, -0.15) is 4.31 Å². The van der Waals surface area contributed by atoms with Crippen LogP contribution in [0.4, 0.5) is 0 Å². The van der Waals surface area contributed by atoms with Crippen LogP contribution in [0.25, 0.3) is 5.69 Å². The Morgan fingerprint density at radius 3 is 2.67 bits per heavy atom. The van der Waals surface area contributed by atoms with E-state index < -0.39 is 10.0 Å². The first-order valence-electron chi connectivity index (χ1n) is 6.91. The fraction of sp³-hybridized carbons (Fsp3) is 0.462. The third-order valence-electron chi connectivity index (χ3n) is 3.81. The lowest BCUT2D eigenvalue weighted by molar-refractivity contribution is 0.288. The molecule has 0 atom stereocenters. The molecule has 1 aromatic heterocycles. The zero-order chi connectivity index (χ0) is 14.9. The average molecular weight is 307 g/mol. The minimum absolute atomic E-state index is 0.282. The summed E-state index contributed by atoms with van der Waals surface area (Å²) in [5, 5.41) is 10.9. The Hall–Kier alpha value is -1.80. The number of benzene rings is 1. The number of nitrogens with zero attached hydrogens (tertiary/aromatic N) is 5. The van der Waals surface area contributed by atoms with Crippen LogP contribution < -0.4 is 0 Å². The molecule has 2 aromatic rings. The molecule has 0 bridgehead atoms. The van der Waals surface area contributed by atoms with Gasteiger partial charge < -0.3 is 0 Å². The van der Waals surface area contributed by atoms with Crippen LogP contribution in [0.1, 0.15) is 19.8 Å². The van der Waals surface area contributed by atoms with Gasteiger partial charge >= 0.3 is 0 Å². The topological polar surface area (TPSA) is 81.0 Å². The van der Waals surface area contributed by atoms with Crippen LogP contribution >= 0.6 is 0 Å². The largest absolute Gasteiger partial charge is 0.243 e. The maximum Gasteiger partial charge on any atom is 0.243 e. The molecule has 21 heavy (non-hydrogen) atoms. The molecule has 0 saturated carbocycles. The van der Waals surface area contributed by atoms with E-state index in [4.69, 9.17) is 0 Å². The highest BCUT2D eigenvalue weighted by atomic mass is 32.2. The second-order valence-corrected chi connectivity index (χ2v) is 7.28. The smallest absolute Gasteiger partial charge is 0.207 e. The summed E-state index contributed by atoms with van der Waals surface area (Å²) in [6.45, 7) is 3.32. The van der Waals surface area contributed by atoms with Crippen LogP contribution in [0.2, 0.25) is 0 Å². The van der Waals surface area contributed by atoms with Gasteiger partial charge in [0.2, 0.25) is 10.0 Å². The van der Waals surface area contributed by atoms with E-state index in [1.54, 1.807) is 28.6 Å². The van der Waals surface area contributed by atoms with E-state index in [1.807, 2.05) is 0 Å². The first kappa shape index (κ1) is 14.2. The third-order valence-corrected chi connectivity index (χ3v) is 5.71. The van der Waals surface area contributed by atoms with Crippen molar-refractivity contribution in [2.45, 2.75) is 24.7 Å². The van der Waals surface area contributed by atoms with E-state index in [2.05, 4.69) is 22.4 Å². The second kappa shape index (κ2) is 5.53. The van der Waals surface area contributed by atoms with Crippen LogP contribution in [-0.2, 0) is 10.0 Å². The van der Waals surface area contributed by atoms with Gasteiger partial charge in [-0.3, -0.25) is 0 Å². The van der Waals surface area contributed by atoms with Gasteiger partial charge in [0.05, 0.1) is 10.6 Å². The SMILES string of the molecule is CC1CCN(S(=O)(=O)c2cccc(-n3cnnn3)c2)CC1. The molecule has 1 aromatic carbocycles. The summed E-state index contributed by atoms with van der Waals surface area (Å²) in [4.78, 5) is 0.282. The molecule has 0 unspecified atom stereocenters. The predicted octanol–water partition coefficient (Wildman–Crippen LogP) is 1.08. The van der Waals surface area contributed by atoms with Gasteiger partial charge in [-0.1, -0.05) is 13.0 Å². The molecule has 112 valence electrons. The molecule has 0 amide bonds. The van der Waals surface area contributed by atoms with Crippen LogP contribution in [0, 0.1) is 5.92 Å². The molecule has 1 saturated heterocycles. The quantitative estimate of drug-likeness (QED) is 0.847. The fourth-order valence-electron chi connectivity index (χ4n) is 2.44. The van der Waals surface area contributed by atoms with Crippen molar-refractivity contribution in [1.29, 1.82) is 0 Å². The van der Waals surface area contributed by atoms with Gasteiger partial charge in [-0.05, 0) is 47.4 Å². The number of rotatable bonds is 3. The van der Waals surface area contributed by atoms with Gasteiger partial charge in [0.15, 0.2) is 0 Å². The third kappa shape index (κ3) is 2.81. The molecular formula is C13H17N5O2S. The van der Waals surface area contributed by atoms with Crippen molar-refractivity contribution in [3.8, 4) is 5.69 Å². The maximum absolute atomic E-state index is 12.7. The normalized spacial score (nSPS) is 18.0.